The van der Waals surface area contributed by atoms with Crippen molar-refractivity contribution in [2.75, 3.05) is 49.6 Å². The van der Waals surface area contributed by atoms with Gasteiger partial charge in [-0.25, -0.2) is 23.5 Å². The second kappa shape index (κ2) is 18.0. The number of rotatable bonds is 13. The number of ether oxygens (including phenoxy) is 3. The number of carbonyl (C=O) groups excluding carboxylic acids is 3. The van der Waals surface area contributed by atoms with Crippen molar-refractivity contribution in [1.82, 2.24) is 14.9 Å². The molecule has 11 nitrogen and oxygen atoms in total. The zero-order chi connectivity index (χ0) is 42.6. The monoisotopic (exact) mass is 839 g/mol. The summed E-state index contributed by atoms with van der Waals surface area (Å²) in [5.74, 6) is -3.90. The quantitative estimate of drug-likeness (QED) is 0.0908. The molecule has 0 radical (unpaired) electrons. The Morgan fingerprint density at radius 2 is 1.77 bits per heavy atom. The average Bonchev–Trinajstić information content (AvgIpc) is 3.61. The largest absolute Gasteiger partial charge is 0.493 e. The standard InChI is InChI=1S/C46H51F2N5O6S/c1-6-57-40(54)27-52-23-22-31(46(47,48)28-52)13-11-25-58-37-17-10-14-32(29(37)2)33-19-20-39(50-41(33)43(56)59-45(3,4)5)53-24-21-30-12-9-15-34(35(30)26-53)42(55)51-44-49-36-16-7-8-18-38(36)60-44/h7-10,12,14-20,31H,6,11,13,21-28H2,1-5H3,(H,49,51,55)/t31-/m1/s1. The number of alkyl halides is 2. The van der Waals surface area contributed by atoms with E-state index in [9.17, 15) is 14.4 Å². The van der Waals surface area contributed by atoms with Gasteiger partial charge in [0.1, 0.15) is 17.2 Å². The number of hydrogen-bond donors (Lipinski definition) is 1. The highest BCUT2D eigenvalue weighted by atomic mass is 32.1. The molecule has 0 spiro atoms. The number of aromatic nitrogens is 2. The van der Waals surface area contributed by atoms with E-state index in [0.29, 0.717) is 60.3 Å². The lowest BCUT2D eigenvalue weighted by atomic mass is 9.88. The van der Waals surface area contributed by atoms with E-state index < -0.39 is 35.9 Å². The van der Waals surface area contributed by atoms with Crippen LogP contribution in [0.4, 0.5) is 19.7 Å². The van der Waals surface area contributed by atoms with Crippen LogP contribution in [0.5, 0.6) is 5.75 Å². The van der Waals surface area contributed by atoms with Crippen LogP contribution < -0.4 is 15.0 Å². The van der Waals surface area contributed by atoms with Crippen LogP contribution in [0.25, 0.3) is 21.3 Å². The molecule has 14 heteroatoms. The van der Waals surface area contributed by atoms with Gasteiger partial charge in [-0.2, -0.15) is 0 Å². The summed E-state index contributed by atoms with van der Waals surface area (Å²) in [6.07, 6.45) is 1.66. The van der Waals surface area contributed by atoms with Gasteiger partial charge in [-0.15, -0.1) is 0 Å². The summed E-state index contributed by atoms with van der Waals surface area (Å²) in [4.78, 5) is 52.5. The van der Waals surface area contributed by atoms with Crippen LogP contribution in [-0.2, 0) is 27.2 Å². The van der Waals surface area contributed by atoms with Gasteiger partial charge in [0.2, 0.25) is 0 Å². The molecule has 5 aromatic rings. The predicted octanol–water partition coefficient (Wildman–Crippen LogP) is 9.12. The lowest BCUT2D eigenvalue weighted by Gasteiger charge is -2.37. The van der Waals surface area contributed by atoms with E-state index >= 15 is 8.78 Å². The summed E-state index contributed by atoms with van der Waals surface area (Å²) in [7, 11) is 0. The Bertz CT molecular complexity index is 2350. The first-order valence-corrected chi connectivity index (χ1v) is 21.3. The number of fused-ring (bicyclic) bond motifs is 2. The number of esters is 2. The maximum Gasteiger partial charge on any atom is 0.358 e. The number of pyridine rings is 1. The number of thiazole rings is 1. The summed E-state index contributed by atoms with van der Waals surface area (Å²) in [5, 5.41) is 3.52. The minimum absolute atomic E-state index is 0.135. The molecule has 2 aliphatic heterocycles. The third kappa shape index (κ3) is 9.93. The Morgan fingerprint density at radius 3 is 2.53 bits per heavy atom. The summed E-state index contributed by atoms with van der Waals surface area (Å²) < 4.78 is 48.1. The number of amides is 1. The lowest BCUT2D eigenvalue weighted by Crippen LogP contribution is -2.50. The van der Waals surface area contributed by atoms with Crippen molar-refractivity contribution in [3.05, 3.63) is 101 Å². The molecular weight excluding hydrogens is 789 g/mol. The van der Waals surface area contributed by atoms with Crippen LogP contribution in [0.1, 0.15) is 84.5 Å². The van der Waals surface area contributed by atoms with E-state index in [4.69, 9.17) is 19.2 Å². The van der Waals surface area contributed by atoms with Gasteiger partial charge in [0.05, 0.1) is 36.5 Å². The molecule has 0 unspecified atom stereocenters. The highest BCUT2D eigenvalue weighted by Crippen LogP contribution is 2.38. The fraction of sp³-hybridized carbons (Fsp3) is 0.413. The zero-order valence-corrected chi connectivity index (χ0v) is 35.5. The normalized spacial score (nSPS) is 16.6. The summed E-state index contributed by atoms with van der Waals surface area (Å²) in [6.45, 7) is 10.3. The predicted molar refractivity (Wildman–Crippen MR) is 229 cm³/mol. The van der Waals surface area contributed by atoms with Gasteiger partial charge >= 0.3 is 11.9 Å². The van der Waals surface area contributed by atoms with Crippen molar-refractivity contribution < 1.29 is 37.4 Å². The smallest absolute Gasteiger partial charge is 0.358 e. The second-order valence-electron chi connectivity index (χ2n) is 16.3. The van der Waals surface area contributed by atoms with Crippen LogP contribution in [0.15, 0.2) is 72.8 Å². The first-order valence-electron chi connectivity index (χ1n) is 20.4. The first kappa shape index (κ1) is 42.6. The Kier molecular flexibility index (Phi) is 12.8. The van der Waals surface area contributed by atoms with Crippen molar-refractivity contribution in [2.45, 2.75) is 78.4 Å². The number of carbonyl (C=O) groups is 3. The molecule has 2 aromatic heterocycles. The number of hydrogen-bond acceptors (Lipinski definition) is 11. The second-order valence-corrected chi connectivity index (χ2v) is 17.3. The molecule has 1 saturated heterocycles. The number of halogens is 2. The number of piperidine rings is 1. The fourth-order valence-electron chi connectivity index (χ4n) is 7.91. The van der Waals surface area contributed by atoms with E-state index in [-0.39, 0.29) is 44.2 Å². The number of likely N-dealkylation sites (tertiary alicyclic amines) is 1. The molecule has 0 saturated carbocycles. The third-order valence-electron chi connectivity index (χ3n) is 10.8. The molecule has 0 aliphatic carbocycles. The molecule has 2 aliphatic rings. The van der Waals surface area contributed by atoms with Gasteiger partial charge in [-0.3, -0.25) is 19.8 Å². The van der Waals surface area contributed by atoms with Crippen LogP contribution in [0.2, 0.25) is 0 Å². The van der Waals surface area contributed by atoms with Crippen molar-refractivity contribution in [1.29, 1.82) is 0 Å². The molecule has 1 atom stereocenters. The summed E-state index contributed by atoms with van der Waals surface area (Å²) in [6, 6.07) is 22.8. The van der Waals surface area contributed by atoms with E-state index in [1.807, 2.05) is 79.7 Å². The maximum absolute atomic E-state index is 15.1. The van der Waals surface area contributed by atoms with Crippen molar-refractivity contribution in [3.8, 4) is 16.9 Å². The number of benzene rings is 3. The highest BCUT2D eigenvalue weighted by Gasteiger charge is 2.44. The van der Waals surface area contributed by atoms with E-state index in [2.05, 4.69) is 15.2 Å². The minimum Gasteiger partial charge on any atom is -0.493 e. The Balaban J connectivity index is 1.07. The molecule has 316 valence electrons. The minimum atomic E-state index is -2.93. The van der Waals surface area contributed by atoms with Crippen LogP contribution in [0, 0.1) is 12.8 Å². The van der Waals surface area contributed by atoms with Gasteiger partial charge in [0, 0.05) is 30.1 Å². The Morgan fingerprint density at radius 1 is 0.967 bits per heavy atom. The Labute approximate surface area is 353 Å². The molecule has 60 heavy (non-hydrogen) atoms. The first-order chi connectivity index (χ1) is 28.7. The number of nitrogens with one attached hydrogen (secondary N) is 1. The maximum atomic E-state index is 15.1. The van der Waals surface area contributed by atoms with E-state index in [0.717, 1.165) is 32.5 Å². The molecule has 1 N–H and O–H groups in total. The fourth-order valence-corrected chi connectivity index (χ4v) is 8.77. The molecule has 1 amide bonds. The average molecular weight is 840 g/mol. The molecule has 0 bridgehead atoms. The summed E-state index contributed by atoms with van der Waals surface area (Å²) in [5.41, 5.74) is 4.77. The topological polar surface area (TPSA) is 123 Å². The SMILES string of the molecule is CCOC(=O)CN1CC[C@@H](CCCOc2cccc(-c3ccc(N4CCc5cccc(C(=O)Nc6nc7ccccc7s6)c5C4)nc3C(=O)OC(C)(C)C)c2C)C(F)(F)C1. The molecule has 1 fully saturated rings. The van der Waals surface area contributed by atoms with Crippen molar-refractivity contribution in [3.63, 3.8) is 0 Å². The lowest BCUT2D eigenvalue weighted by molar-refractivity contribution is -0.150. The van der Waals surface area contributed by atoms with Gasteiger partial charge in [0.15, 0.2) is 10.8 Å². The number of nitrogens with zero attached hydrogens (tertiary/aromatic N) is 4. The molecule has 7 rings (SSSR count). The van der Waals surface area contributed by atoms with Crippen LogP contribution >= 0.6 is 11.3 Å². The third-order valence-corrected chi connectivity index (χ3v) is 11.8. The van der Waals surface area contributed by atoms with E-state index in [1.54, 1.807) is 27.7 Å². The molecule has 4 heterocycles. The van der Waals surface area contributed by atoms with Gasteiger partial charge in [-0.1, -0.05) is 47.7 Å². The van der Waals surface area contributed by atoms with E-state index in [1.165, 1.54) is 16.2 Å². The van der Waals surface area contributed by atoms with Gasteiger partial charge in [-0.05, 0) is 125 Å². The van der Waals surface area contributed by atoms with Gasteiger partial charge in [0.25, 0.3) is 11.8 Å². The highest BCUT2D eigenvalue weighted by molar-refractivity contribution is 7.22. The van der Waals surface area contributed by atoms with Crippen LogP contribution in [0.3, 0.4) is 0 Å². The van der Waals surface area contributed by atoms with Crippen LogP contribution in [-0.4, -0.2) is 83.6 Å². The zero-order valence-electron chi connectivity index (χ0n) is 34.7. The molecular formula is C46H51F2N5O6S. The number of anilines is 2. The van der Waals surface area contributed by atoms with Gasteiger partial charge < -0.3 is 19.1 Å². The van der Waals surface area contributed by atoms with Crippen molar-refractivity contribution in [2.24, 2.45) is 5.92 Å². The summed E-state index contributed by atoms with van der Waals surface area (Å²) >= 11 is 1.42. The Hall–Kier alpha value is -5.47. The number of para-hydroxylation sites is 1. The molecule has 3 aromatic carbocycles. The van der Waals surface area contributed by atoms with Crippen molar-refractivity contribution >= 4 is 50.3 Å².